The number of thiophene rings is 1. The molecule has 24 heavy (non-hydrogen) atoms. The lowest BCUT2D eigenvalue weighted by Crippen LogP contribution is -2.37. The third-order valence-electron chi connectivity index (χ3n) is 4.39. The first kappa shape index (κ1) is 17.2. The van der Waals surface area contributed by atoms with E-state index in [9.17, 15) is 4.79 Å². The number of rotatable bonds is 7. The topological polar surface area (TPSA) is 37.7 Å². The molecule has 1 atom stereocenters. The van der Waals surface area contributed by atoms with Crippen molar-refractivity contribution in [1.82, 2.24) is 14.4 Å². The van der Waals surface area contributed by atoms with Crippen molar-refractivity contribution in [3.05, 3.63) is 46.4 Å². The number of hydrogen-bond donors (Lipinski definition) is 0. The number of nitrogens with zero attached hydrogens (tertiary/aromatic N) is 3. The zero-order valence-corrected chi connectivity index (χ0v) is 15.2. The lowest BCUT2D eigenvalue weighted by molar-refractivity contribution is -0.133. The summed E-state index contributed by atoms with van der Waals surface area (Å²) in [6.45, 7) is 3.77. The van der Waals surface area contributed by atoms with E-state index in [1.165, 1.54) is 10.6 Å². The lowest BCUT2D eigenvalue weighted by Gasteiger charge is -2.35. The molecule has 0 saturated carbocycles. The predicted molar refractivity (Wildman–Crippen MR) is 96.0 cm³/mol. The average molecular weight is 347 g/mol. The Kier molecular flexibility index (Phi) is 5.71. The summed E-state index contributed by atoms with van der Waals surface area (Å²) in [5.74, 6) is 0.0135. The third kappa shape index (κ3) is 4.26. The number of aromatic nitrogens is 1. The smallest absolute Gasteiger partial charge is 0.248 e. The highest BCUT2D eigenvalue weighted by Crippen LogP contribution is 2.26. The molecule has 130 valence electrons. The first-order chi connectivity index (χ1) is 11.6. The summed E-state index contributed by atoms with van der Waals surface area (Å²) < 4.78 is 7.93. The van der Waals surface area contributed by atoms with Crippen molar-refractivity contribution in [3.63, 3.8) is 0 Å². The van der Waals surface area contributed by atoms with Crippen LogP contribution in [0.3, 0.4) is 0 Å². The number of ether oxygens (including phenoxy) is 1. The maximum Gasteiger partial charge on any atom is 0.248 e. The Labute approximate surface area is 147 Å². The fraction of sp³-hybridized carbons (Fsp3) is 0.500. The van der Waals surface area contributed by atoms with Gasteiger partial charge >= 0.3 is 0 Å². The standard InChI is InChI=1S/C18H25N3O2S/c1-19(2)18(22)14-23-9-7-16-12-20(13-17-6-4-10-24-17)11-15-5-3-8-21(15)16/h3-6,8,10,16H,7,9,11-14H2,1-2H3/t16-/m0/s1. The van der Waals surface area contributed by atoms with E-state index in [0.29, 0.717) is 12.6 Å². The second-order valence-corrected chi connectivity index (χ2v) is 7.47. The predicted octanol–water partition coefficient (Wildman–Crippen LogP) is 2.60. The van der Waals surface area contributed by atoms with Crippen molar-refractivity contribution in [2.24, 2.45) is 0 Å². The Morgan fingerprint density at radius 3 is 3.00 bits per heavy atom. The zero-order valence-electron chi connectivity index (χ0n) is 14.4. The van der Waals surface area contributed by atoms with Crippen molar-refractivity contribution in [2.75, 3.05) is 33.9 Å². The fourth-order valence-corrected chi connectivity index (χ4v) is 3.83. The average Bonchev–Trinajstić information content (AvgIpc) is 3.22. The van der Waals surface area contributed by atoms with Crippen LogP contribution in [0.15, 0.2) is 35.8 Å². The van der Waals surface area contributed by atoms with Gasteiger partial charge in [-0.3, -0.25) is 9.69 Å². The molecule has 1 aliphatic heterocycles. The van der Waals surface area contributed by atoms with Crippen molar-refractivity contribution < 1.29 is 9.53 Å². The highest BCUT2D eigenvalue weighted by molar-refractivity contribution is 7.09. The molecule has 0 spiro atoms. The van der Waals surface area contributed by atoms with Gasteiger partial charge in [-0.25, -0.2) is 0 Å². The van der Waals surface area contributed by atoms with E-state index in [4.69, 9.17) is 4.74 Å². The van der Waals surface area contributed by atoms with Crippen molar-refractivity contribution in [1.29, 1.82) is 0 Å². The molecular weight excluding hydrogens is 322 g/mol. The highest BCUT2D eigenvalue weighted by atomic mass is 32.1. The molecule has 0 aromatic carbocycles. The van der Waals surface area contributed by atoms with Crippen molar-refractivity contribution in [2.45, 2.75) is 25.6 Å². The zero-order chi connectivity index (χ0) is 16.9. The molecule has 5 nitrogen and oxygen atoms in total. The Balaban J connectivity index is 1.55. The van der Waals surface area contributed by atoms with Crippen molar-refractivity contribution >= 4 is 17.2 Å². The molecule has 0 saturated heterocycles. The molecule has 0 bridgehead atoms. The monoisotopic (exact) mass is 347 g/mol. The van der Waals surface area contributed by atoms with Crippen LogP contribution in [0.1, 0.15) is 23.0 Å². The van der Waals surface area contributed by atoms with Gasteiger partial charge in [-0.15, -0.1) is 11.3 Å². The molecule has 0 radical (unpaired) electrons. The van der Waals surface area contributed by atoms with Crippen LogP contribution < -0.4 is 0 Å². The van der Waals surface area contributed by atoms with Crippen molar-refractivity contribution in [3.8, 4) is 0 Å². The first-order valence-corrected chi connectivity index (χ1v) is 9.20. The summed E-state index contributed by atoms with van der Waals surface area (Å²) in [5.41, 5.74) is 1.35. The second-order valence-electron chi connectivity index (χ2n) is 6.44. The normalized spacial score (nSPS) is 17.7. The van der Waals surface area contributed by atoms with E-state index in [-0.39, 0.29) is 12.5 Å². The molecule has 1 amide bonds. The Morgan fingerprint density at radius 1 is 1.38 bits per heavy atom. The van der Waals surface area contributed by atoms with Gasteiger partial charge in [-0.2, -0.15) is 0 Å². The van der Waals surface area contributed by atoms with Crippen LogP contribution in [0.4, 0.5) is 0 Å². The molecule has 3 rings (SSSR count). The van der Waals surface area contributed by atoms with E-state index < -0.39 is 0 Å². The Hall–Kier alpha value is -1.63. The highest BCUT2D eigenvalue weighted by Gasteiger charge is 2.24. The van der Waals surface area contributed by atoms with Crippen LogP contribution in [-0.4, -0.2) is 54.1 Å². The summed E-state index contributed by atoms with van der Waals surface area (Å²) in [4.78, 5) is 17.0. The maximum absolute atomic E-state index is 11.6. The lowest BCUT2D eigenvalue weighted by atomic mass is 10.1. The molecule has 0 unspecified atom stereocenters. The quantitative estimate of drug-likeness (QED) is 0.723. The van der Waals surface area contributed by atoms with Gasteiger partial charge in [-0.1, -0.05) is 6.07 Å². The van der Waals surface area contributed by atoms with E-state index in [0.717, 1.165) is 26.1 Å². The summed E-state index contributed by atoms with van der Waals surface area (Å²) in [6, 6.07) is 9.03. The molecule has 2 aromatic rings. The molecule has 1 aliphatic rings. The summed E-state index contributed by atoms with van der Waals surface area (Å²) in [5, 5.41) is 2.13. The first-order valence-electron chi connectivity index (χ1n) is 8.32. The minimum Gasteiger partial charge on any atom is -0.372 e. The summed E-state index contributed by atoms with van der Waals surface area (Å²) in [6.07, 6.45) is 3.08. The molecule has 2 aromatic heterocycles. The van der Waals surface area contributed by atoms with Gasteiger partial charge in [0.15, 0.2) is 0 Å². The number of carbonyl (C=O) groups excluding carboxylic acids is 1. The number of amides is 1. The van der Waals surface area contributed by atoms with E-state index >= 15 is 0 Å². The van der Waals surface area contributed by atoms with Crippen LogP contribution in [-0.2, 0) is 22.6 Å². The number of fused-ring (bicyclic) bond motifs is 1. The van der Waals surface area contributed by atoms with Gasteiger partial charge in [0.25, 0.3) is 0 Å². The van der Waals surface area contributed by atoms with Gasteiger partial charge < -0.3 is 14.2 Å². The second kappa shape index (κ2) is 7.96. The van der Waals surface area contributed by atoms with E-state index in [1.807, 2.05) is 11.3 Å². The fourth-order valence-electron chi connectivity index (χ4n) is 3.08. The van der Waals surface area contributed by atoms with Crippen LogP contribution in [0, 0.1) is 0 Å². The Bertz CT molecular complexity index is 651. The molecule has 3 heterocycles. The van der Waals surface area contributed by atoms with Crippen LogP contribution >= 0.6 is 11.3 Å². The summed E-state index contributed by atoms with van der Waals surface area (Å²) in [7, 11) is 3.50. The van der Waals surface area contributed by atoms with Gasteiger partial charge in [0.1, 0.15) is 6.61 Å². The van der Waals surface area contributed by atoms with Gasteiger partial charge in [0, 0.05) is 63.1 Å². The molecule has 0 N–H and O–H groups in total. The minimum atomic E-state index is 0.0135. The molecule has 6 heteroatoms. The third-order valence-corrected chi connectivity index (χ3v) is 5.26. The minimum absolute atomic E-state index is 0.0135. The number of carbonyl (C=O) groups is 1. The molecular formula is C18H25N3O2S. The van der Waals surface area contributed by atoms with Crippen LogP contribution in [0.25, 0.3) is 0 Å². The van der Waals surface area contributed by atoms with Gasteiger partial charge in [0.2, 0.25) is 5.91 Å². The van der Waals surface area contributed by atoms with Crippen LogP contribution in [0.2, 0.25) is 0 Å². The molecule has 0 aliphatic carbocycles. The van der Waals surface area contributed by atoms with E-state index in [1.54, 1.807) is 19.0 Å². The maximum atomic E-state index is 11.6. The number of likely N-dealkylation sites (N-methyl/N-ethyl adjacent to an activating group) is 1. The van der Waals surface area contributed by atoms with Gasteiger partial charge in [-0.05, 0) is 30.0 Å². The number of hydrogen-bond acceptors (Lipinski definition) is 4. The summed E-state index contributed by atoms with van der Waals surface area (Å²) >= 11 is 1.81. The molecule has 0 fully saturated rings. The van der Waals surface area contributed by atoms with E-state index in [2.05, 4.69) is 45.3 Å². The largest absolute Gasteiger partial charge is 0.372 e. The van der Waals surface area contributed by atoms with Gasteiger partial charge in [0.05, 0.1) is 0 Å². The van der Waals surface area contributed by atoms with Crippen LogP contribution in [0.5, 0.6) is 0 Å². The SMILES string of the molecule is CN(C)C(=O)COCC[C@H]1CN(Cc2cccs2)Cc2cccn21. The Morgan fingerprint density at radius 2 is 2.25 bits per heavy atom.